The van der Waals surface area contributed by atoms with Crippen molar-refractivity contribution in [1.29, 1.82) is 0 Å². The fourth-order valence-corrected chi connectivity index (χ4v) is 3.41. The van der Waals surface area contributed by atoms with Gasteiger partial charge in [0.15, 0.2) is 6.10 Å². The van der Waals surface area contributed by atoms with E-state index in [-0.39, 0.29) is 18.0 Å². The number of amides is 3. The summed E-state index contributed by atoms with van der Waals surface area (Å²) in [6.45, 7) is 4.27. The number of hydrogen-bond acceptors (Lipinski definition) is 3. The summed E-state index contributed by atoms with van der Waals surface area (Å²) in [7, 11) is 0. The summed E-state index contributed by atoms with van der Waals surface area (Å²) in [6, 6.07) is 5.48. The number of urea groups is 1. The molecule has 130 valence electrons. The maximum Gasteiger partial charge on any atom is 0.319 e. The first-order valence-corrected chi connectivity index (χ1v) is 8.78. The Labute approximate surface area is 142 Å². The van der Waals surface area contributed by atoms with E-state index < -0.39 is 6.10 Å². The van der Waals surface area contributed by atoms with Crippen molar-refractivity contribution in [3.8, 4) is 5.75 Å². The van der Waals surface area contributed by atoms with E-state index in [4.69, 9.17) is 4.74 Å². The molecule has 2 N–H and O–H groups in total. The highest BCUT2D eigenvalue weighted by atomic mass is 16.5. The number of carbonyl (C=O) groups excluding carboxylic acids is 2. The first-order valence-electron chi connectivity index (χ1n) is 8.78. The predicted molar refractivity (Wildman–Crippen MR) is 93.6 cm³/mol. The van der Waals surface area contributed by atoms with Crippen LogP contribution in [0, 0.1) is 0 Å². The highest BCUT2D eigenvalue weighted by Gasteiger charge is 2.30. The molecular weight excluding hydrogens is 306 g/mol. The van der Waals surface area contributed by atoms with Gasteiger partial charge in [0.25, 0.3) is 5.91 Å². The monoisotopic (exact) mass is 331 g/mol. The van der Waals surface area contributed by atoms with Gasteiger partial charge in [0, 0.05) is 24.3 Å². The van der Waals surface area contributed by atoms with E-state index >= 15 is 0 Å². The van der Waals surface area contributed by atoms with Crippen molar-refractivity contribution in [2.45, 2.75) is 58.1 Å². The molecular formula is C18H25N3O3. The van der Waals surface area contributed by atoms with Crippen LogP contribution in [0.5, 0.6) is 5.75 Å². The summed E-state index contributed by atoms with van der Waals surface area (Å²) < 4.78 is 5.69. The van der Waals surface area contributed by atoms with Crippen LogP contribution in [0.4, 0.5) is 16.2 Å². The molecule has 6 nitrogen and oxygen atoms in total. The Balaban J connectivity index is 1.68. The van der Waals surface area contributed by atoms with E-state index in [1.165, 1.54) is 19.3 Å². The molecule has 0 spiro atoms. The van der Waals surface area contributed by atoms with Crippen LogP contribution >= 0.6 is 0 Å². The van der Waals surface area contributed by atoms with Crippen LogP contribution in [-0.4, -0.2) is 30.6 Å². The van der Waals surface area contributed by atoms with Gasteiger partial charge < -0.3 is 20.3 Å². The summed E-state index contributed by atoms with van der Waals surface area (Å²) in [4.78, 5) is 26.0. The number of rotatable bonds is 3. The molecule has 1 aromatic rings. The largest absolute Gasteiger partial charge is 0.479 e. The minimum atomic E-state index is -0.510. The Morgan fingerprint density at radius 3 is 2.75 bits per heavy atom. The highest BCUT2D eigenvalue weighted by molar-refractivity contribution is 6.00. The van der Waals surface area contributed by atoms with Gasteiger partial charge in [0.2, 0.25) is 0 Å². The molecule has 1 unspecified atom stereocenters. The number of ether oxygens (including phenoxy) is 1. The van der Waals surface area contributed by atoms with Crippen molar-refractivity contribution >= 4 is 23.3 Å². The van der Waals surface area contributed by atoms with Crippen molar-refractivity contribution < 1.29 is 14.3 Å². The average Bonchev–Trinajstić information content (AvgIpc) is 2.57. The summed E-state index contributed by atoms with van der Waals surface area (Å²) in [5.41, 5.74) is 1.42. The third-order valence-corrected chi connectivity index (χ3v) is 4.68. The van der Waals surface area contributed by atoms with Crippen LogP contribution in [0.2, 0.25) is 0 Å². The minimum Gasteiger partial charge on any atom is -0.479 e. The number of benzene rings is 1. The molecule has 0 aromatic heterocycles. The summed E-state index contributed by atoms with van der Waals surface area (Å²) in [6.07, 6.45) is 5.20. The molecule has 0 saturated heterocycles. The summed E-state index contributed by atoms with van der Waals surface area (Å²) in [5, 5.41) is 5.89. The molecule has 0 bridgehead atoms. The number of carbonyl (C=O) groups is 2. The molecule has 6 heteroatoms. The smallest absolute Gasteiger partial charge is 0.319 e. The fourth-order valence-electron chi connectivity index (χ4n) is 3.41. The zero-order chi connectivity index (χ0) is 17.1. The SMILES string of the molecule is CCN1C(=O)C(C)Oc2cc(NC(=O)NC3CCCCC3)ccc21. The lowest BCUT2D eigenvalue weighted by Gasteiger charge is -2.32. The van der Waals surface area contributed by atoms with Crippen LogP contribution in [0.3, 0.4) is 0 Å². The molecule has 3 amide bonds. The number of nitrogens with one attached hydrogen (secondary N) is 2. The van der Waals surface area contributed by atoms with Gasteiger partial charge in [0.05, 0.1) is 5.69 Å². The van der Waals surface area contributed by atoms with Gasteiger partial charge in [-0.05, 0) is 38.8 Å². The van der Waals surface area contributed by atoms with E-state index in [0.29, 0.717) is 18.0 Å². The van der Waals surface area contributed by atoms with Crippen LogP contribution in [-0.2, 0) is 4.79 Å². The standard InChI is InChI=1S/C18H25N3O3/c1-3-21-15-10-9-14(11-16(15)24-12(2)17(21)22)20-18(23)19-13-7-5-4-6-8-13/h9-13H,3-8H2,1-2H3,(H2,19,20,23). The second kappa shape index (κ2) is 7.11. The molecule has 0 radical (unpaired) electrons. The van der Waals surface area contributed by atoms with E-state index in [2.05, 4.69) is 10.6 Å². The highest BCUT2D eigenvalue weighted by Crippen LogP contribution is 2.36. The fraction of sp³-hybridized carbons (Fsp3) is 0.556. The van der Waals surface area contributed by atoms with Gasteiger partial charge in [-0.3, -0.25) is 4.79 Å². The molecule has 3 rings (SSSR count). The zero-order valence-electron chi connectivity index (χ0n) is 14.3. The number of nitrogens with zero attached hydrogens (tertiary/aromatic N) is 1. The van der Waals surface area contributed by atoms with E-state index in [9.17, 15) is 9.59 Å². The first kappa shape index (κ1) is 16.6. The molecule has 2 aliphatic rings. The van der Waals surface area contributed by atoms with Gasteiger partial charge >= 0.3 is 6.03 Å². The number of likely N-dealkylation sites (N-methyl/N-ethyl adjacent to an activating group) is 1. The lowest BCUT2D eigenvalue weighted by Crippen LogP contribution is -2.44. The Bertz CT molecular complexity index is 626. The first-order chi connectivity index (χ1) is 11.6. The van der Waals surface area contributed by atoms with Gasteiger partial charge in [-0.2, -0.15) is 0 Å². The van der Waals surface area contributed by atoms with Crippen molar-refractivity contribution in [3.05, 3.63) is 18.2 Å². The quantitative estimate of drug-likeness (QED) is 0.893. The van der Waals surface area contributed by atoms with Crippen LogP contribution < -0.4 is 20.3 Å². The summed E-state index contributed by atoms with van der Waals surface area (Å²) in [5.74, 6) is 0.583. The predicted octanol–water partition coefficient (Wildman–Crippen LogP) is 3.27. The van der Waals surface area contributed by atoms with E-state index in [1.807, 2.05) is 13.0 Å². The molecule has 1 atom stereocenters. The Hall–Kier alpha value is -2.24. The van der Waals surface area contributed by atoms with Crippen molar-refractivity contribution in [2.75, 3.05) is 16.8 Å². The van der Waals surface area contributed by atoms with E-state index in [1.54, 1.807) is 24.0 Å². The van der Waals surface area contributed by atoms with Crippen LogP contribution in [0.15, 0.2) is 18.2 Å². The topological polar surface area (TPSA) is 70.7 Å². The lowest BCUT2D eigenvalue weighted by molar-refractivity contribution is -0.125. The molecule has 1 saturated carbocycles. The number of anilines is 2. The molecule has 1 fully saturated rings. The molecule has 1 heterocycles. The maximum absolute atomic E-state index is 12.2. The third-order valence-electron chi connectivity index (χ3n) is 4.68. The normalized spacial score (nSPS) is 21.0. The maximum atomic E-state index is 12.2. The molecule has 1 aromatic carbocycles. The van der Waals surface area contributed by atoms with Crippen molar-refractivity contribution in [2.24, 2.45) is 0 Å². The van der Waals surface area contributed by atoms with Crippen molar-refractivity contribution in [3.63, 3.8) is 0 Å². The zero-order valence-corrected chi connectivity index (χ0v) is 14.3. The second-order valence-electron chi connectivity index (χ2n) is 6.46. The minimum absolute atomic E-state index is 0.0410. The van der Waals surface area contributed by atoms with Crippen molar-refractivity contribution in [1.82, 2.24) is 5.32 Å². The Morgan fingerprint density at radius 1 is 1.29 bits per heavy atom. The molecule has 24 heavy (non-hydrogen) atoms. The second-order valence-corrected chi connectivity index (χ2v) is 6.46. The third kappa shape index (κ3) is 3.47. The van der Waals surface area contributed by atoms with E-state index in [0.717, 1.165) is 18.5 Å². The number of hydrogen-bond donors (Lipinski definition) is 2. The van der Waals surface area contributed by atoms with Crippen LogP contribution in [0.1, 0.15) is 46.0 Å². The average molecular weight is 331 g/mol. The Morgan fingerprint density at radius 2 is 2.04 bits per heavy atom. The molecule has 1 aliphatic heterocycles. The lowest BCUT2D eigenvalue weighted by atomic mass is 9.96. The van der Waals surface area contributed by atoms with Gasteiger partial charge in [0.1, 0.15) is 5.75 Å². The number of fused-ring (bicyclic) bond motifs is 1. The Kier molecular flexibility index (Phi) is 4.92. The van der Waals surface area contributed by atoms with Gasteiger partial charge in [-0.25, -0.2) is 4.79 Å². The van der Waals surface area contributed by atoms with Gasteiger partial charge in [-0.1, -0.05) is 19.3 Å². The summed E-state index contributed by atoms with van der Waals surface area (Å²) >= 11 is 0. The molecule has 1 aliphatic carbocycles. The van der Waals surface area contributed by atoms with Crippen LogP contribution in [0.25, 0.3) is 0 Å². The van der Waals surface area contributed by atoms with Gasteiger partial charge in [-0.15, -0.1) is 0 Å².